The molecule has 2 amide bonds. The van der Waals surface area contributed by atoms with Crippen LogP contribution in [0.2, 0.25) is 0 Å². The van der Waals surface area contributed by atoms with Gasteiger partial charge in [-0.25, -0.2) is 19.4 Å². The standard InChI is InChI=1S/C21H34N4O6S/c1-12(2)14-15(16(26)27)32-13(23-14)10-9-11-22-17(24-18(28)30-20(3,4)5)25-19(29)31-21(6,7)8/h12H,9-11H2,1-8H3,(H,26,27)(H2,22,24,25,28,29). The van der Waals surface area contributed by atoms with Crippen LogP contribution in [0, 0.1) is 0 Å². The number of carbonyl (C=O) groups is 3. The molecule has 1 rings (SSSR count). The lowest BCUT2D eigenvalue weighted by atomic mass is 10.1. The zero-order valence-electron chi connectivity index (χ0n) is 20.0. The fourth-order valence-corrected chi connectivity index (χ4v) is 3.46. The van der Waals surface area contributed by atoms with E-state index in [4.69, 9.17) is 9.47 Å². The molecular formula is C21H34N4O6S. The van der Waals surface area contributed by atoms with Gasteiger partial charge in [0.1, 0.15) is 16.1 Å². The van der Waals surface area contributed by atoms with Crippen LogP contribution in [-0.4, -0.2) is 52.0 Å². The molecule has 0 unspecified atom stereocenters. The maximum Gasteiger partial charge on any atom is 0.414 e. The molecule has 0 aliphatic rings. The normalized spacial score (nSPS) is 11.7. The van der Waals surface area contributed by atoms with Crippen molar-refractivity contribution in [1.82, 2.24) is 15.6 Å². The lowest BCUT2D eigenvalue weighted by molar-refractivity contribution is 0.0543. The molecule has 1 heterocycles. The highest BCUT2D eigenvalue weighted by molar-refractivity contribution is 7.13. The highest BCUT2D eigenvalue weighted by Gasteiger charge is 2.22. The number of ether oxygens (including phenoxy) is 2. The van der Waals surface area contributed by atoms with E-state index in [2.05, 4.69) is 20.6 Å². The minimum atomic E-state index is -0.985. The number of alkyl carbamates (subject to hydrolysis) is 2. The van der Waals surface area contributed by atoms with Gasteiger partial charge in [-0.3, -0.25) is 15.6 Å². The molecule has 11 heteroatoms. The van der Waals surface area contributed by atoms with Crippen molar-refractivity contribution < 1.29 is 29.0 Å². The monoisotopic (exact) mass is 470 g/mol. The Balaban J connectivity index is 2.83. The van der Waals surface area contributed by atoms with Crippen LogP contribution in [0.4, 0.5) is 9.59 Å². The van der Waals surface area contributed by atoms with Crippen molar-refractivity contribution in [1.29, 1.82) is 0 Å². The van der Waals surface area contributed by atoms with Crippen molar-refractivity contribution in [3.63, 3.8) is 0 Å². The van der Waals surface area contributed by atoms with Gasteiger partial charge in [-0.05, 0) is 53.9 Å². The Kier molecular flexibility index (Phi) is 9.62. The van der Waals surface area contributed by atoms with Crippen LogP contribution in [0.3, 0.4) is 0 Å². The molecule has 10 nitrogen and oxygen atoms in total. The van der Waals surface area contributed by atoms with Crippen LogP contribution in [0.5, 0.6) is 0 Å². The molecule has 0 bridgehead atoms. The van der Waals surface area contributed by atoms with Crippen molar-refractivity contribution in [2.24, 2.45) is 4.99 Å². The van der Waals surface area contributed by atoms with E-state index in [1.807, 2.05) is 13.8 Å². The maximum atomic E-state index is 12.1. The van der Waals surface area contributed by atoms with E-state index in [0.29, 0.717) is 23.5 Å². The number of aromatic nitrogens is 1. The average Bonchev–Trinajstić information content (AvgIpc) is 2.99. The van der Waals surface area contributed by atoms with Gasteiger partial charge >= 0.3 is 18.2 Å². The predicted octanol–water partition coefficient (Wildman–Crippen LogP) is 4.30. The average molecular weight is 471 g/mol. The second-order valence-corrected chi connectivity index (χ2v) is 10.5. The molecule has 1 aromatic rings. The summed E-state index contributed by atoms with van der Waals surface area (Å²) in [6, 6.07) is 0. The summed E-state index contributed by atoms with van der Waals surface area (Å²) in [5.41, 5.74) is -0.871. The Morgan fingerprint density at radius 3 is 1.91 bits per heavy atom. The molecule has 3 N–H and O–H groups in total. The number of carboxylic acids is 1. The van der Waals surface area contributed by atoms with E-state index in [-0.39, 0.29) is 23.3 Å². The van der Waals surface area contributed by atoms with Gasteiger partial charge in [-0.2, -0.15) is 0 Å². The van der Waals surface area contributed by atoms with Gasteiger partial charge < -0.3 is 14.6 Å². The van der Waals surface area contributed by atoms with Crippen molar-refractivity contribution in [2.75, 3.05) is 6.54 Å². The van der Waals surface area contributed by atoms with Gasteiger partial charge in [0, 0.05) is 13.0 Å². The molecule has 0 aliphatic carbocycles. The van der Waals surface area contributed by atoms with E-state index in [0.717, 1.165) is 11.3 Å². The first-order valence-corrected chi connectivity index (χ1v) is 11.2. The molecule has 32 heavy (non-hydrogen) atoms. The Labute approximate surface area is 192 Å². The van der Waals surface area contributed by atoms with E-state index in [1.165, 1.54) is 0 Å². The lowest BCUT2D eigenvalue weighted by Crippen LogP contribution is -2.47. The molecule has 1 aromatic heterocycles. The Morgan fingerprint density at radius 2 is 1.53 bits per heavy atom. The number of hydrogen-bond acceptors (Lipinski definition) is 8. The largest absolute Gasteiger partial charge is 0.477 e. The fraction of sp³-hybridized carbons (Fsp3) is 0.667. The third kappa shape index (κ3) is 10.6. The van der Waals surface area contributed by atoms with Gasteiger partial charge in [0.05, 0.1) is 10.7 Å². The van der Waals surface area contributed by atoms with Gasteiger partial charge in [0.25, 0.3) is 0 Å². The second kappa shape index (κ2) is 11.3. The molecule has 180 valence electrons. The molecule has 0 saturated heterocycles. The van der Waals surface area contributed by atoms with Crippen LogP contribution in [0.1, 0.15) is 88.1 Å². The minimum Gasteiger partial charge on any atom is -0.477 e. The molecule has 0 saturated carbocycles. The summed E-state index contributed by atoms with van der Waals surface area (Å²) in [4.78, 5) is 44.5. The quantitative estimate of drug-likeness (QED) is 0.320. The van der Waals surface area contributed by atoms with E-state index >= 15 is 0 Å². The van der Waals surface area contributed by atoms with Crippen LogP contribution < -0.4 is 10.6 Å². The van der Waals surface area contributed by atoms with E-state index < -0.39 is 29.4 Å². The lowest BCUT2D eigenvalue weighted by Gasteiger charge is -2.22. The smallest absolute Gasteiger partial charge is 0.414 e. The third-order valence-corrected chi connectivity index (χ3v) is 4.62. The number of aromatic carboxylic acids is 1. The van der Waals surface area contributed by atoms with E-state index in [9.17, 15) is 19.5 Å². The topological polar surface area (TPSA) is 139 Å². The van der Waals surface area contributed by atoms with Crippen LogP contribution in [-0.2, 0) is 15.9 Å². The summed E-state index contributed by atoms with van der Waals surface area (Å²) in [5, 5.41) is 14.9. The molecule has 0 aliphatic heterocycles. The Hall–Kier alpha value is -2.69. The van der Waals surface area contributed by atoms with Gasteiger partial charge in [0.15, 0.2) is 0 Å². The Morgan fingerprint density at radius 1 is 1.03 bits per heavy atom. The zero-order chi connectivity index (χ0) is 24.7. The number of carboxylic acid groups (broad SMARTS) is 1. The number of rotatable bonds is 6. The third-order valence-electron chi connectivity index (χ3n) is 3.50. The van der Waals surface area contributed by atoms with E-state index in [1.54, 1.807) is 41.5 Å². The number of aryl methyl sites for hydroxylation is 1. The van der Waals surface area contributed by atoms with Gasteiger partial charge in [-0.1, -0.05) is 13.8 Å². The number of thiazole rings is 1. The summed E-state index contributed by atoms with van der Waals surface area (Å²) in [7, 11) is 0. The number of nitrogens with zero attached hydrogens (tertiary/aromatic N) is 2. The Bertz CT molecular complexity index is 817. The van der Waals surface area contributed by atoms with Crippen LogP contribution in [0.25, 0.3) is 0 Å². The molecule has 0 spiro atoms. The summed E-state index contributed by atoms with van der Waals surface area (Å²) >= 11 is 1.15. The SMILES string of the molecule is CC(C)c1nc(CCCN=C(NC(=O)OC(C)(C)C)NC(=O)OC(C)(C)C)sc1C(=O)O. The number of nitrogens with one attached hydrogen (secondary N) is 2. The van der Waals surface area contributed by atoms with Crippen molar-refractivity contribution in [3.05, 3.63) is 15.6 Å². The molecular weight excluding hydrogens is 436 g/mol. The van der Waals surface area contributed by atoms with Crippen LogP contribution in [0.15, 0.2) is 4.99 Å². The van der Waals surface area contributed by atoms with Crippen LogP contribution >= 0.6 is 11.3 Å². The molecule has 0 radical (unpaired) electrons. The summed E-state index contributed by atoms with van der Waals surface area (Å²) < 4.78 is 10.4. The number of amides is 2. The first-order chi connectivity index (χ1) is 14.6. The summed E-state index contributed by atoms with van der Waals surface area (Å²) in [5.74, 6) is -1.07. The van der Waals surface area contributed by atoms with Gasteiger partial charge in [0.2, 0.25) is 5.96 Å². The fourth-order valence-electron chi connectivity index (χ4n) is 2.36. The maximum absolute atomic E-state index is 12.1. The molecule has 0 aromatic carbocycles. The van der Waals surface area contributed by atoms with Crippen molar-refractivity contribution >= 4 is 35.5 Å². The highest BCUT2D eigenvalue weighted by Crippen LogP contribution is 2.26. The first kappa shape index (κ1) is 27.3. The number of guanidine groups is 1. The zero-order valence-corrected chi connectivity index (χ0v) is 20.8. The number of carbonyl (C=O) groups excluding carboxylic acids is 2. The minimum absolute atomic E-state index is 0.00628. The first-order valence-electron chi connectivity index (χ1n) is 10.3. The summed E-state index contributed by atoms with van der Waals surface area (Å²) in [6.07, 6.45) is -0.493. The van der Waals surface area contributed by atoms with Crippen molar-refractivity contribution in [3.8, 4) is 0 Å². The predicted molar refractivity (Wildman–Crippen MR) is 123 cm³/mol. The number of aliphatic imine (C=N–C) groups is 1. The number of hydrogen-bond donors (Lipinski definition) is 3. The van der Waals surface area contributed by atoms with Crippen molar-refractivity contribution in [2.45, 2.75) is 85.4 Å². The second-order valence-electron chi connectivity index (χ2n) is 9.37. The molecule has 0 atom stereocenters. The summed E-state index contributed by atoms with van der Waals surface area (Å²) in [6.45, 7) is 14.3. The molecule has 0 fully saturated rings. The highest BCUT2D eigenvalue weighted by atomic mass is 32.1. The van der Waals surface area contributed by atoms with Gasteiger partial charge in [-0.15, -0.1) is 11.3 Å².